The highest BCUT2D eigenvalue weighted by Gasteiger charge is 2.13. The summed E-state index contributed by atoms with van der Waals surface area (Å²) in [6.45, 7) is 0.735. The van der Waals surface area contributed by atoms with Crippen LogP contribution in [0, 0.1) is 11.3 Å². The summed E-state index contributed by atoms with van der Waals surface area (Å²) in [7, 11) is 3.29. The Morgan fingerprint density at radius 2 is 1.80 bits per heavy atom. The fourth-order valence-corrected chi connectivity index (χ4v) is 2.84. The van der Waals surface area contributed by atoms with Gasteiger partial charge in [0.25, 0.3) is 5.91 Å². The number of rotatable bonds is 4. The third kappa shape index (κ3) is 3.46. The summed E-state index contributed by atoms with van der Waals surface area (Å²) < 4.78 is 2.14. The predicted molar refractivity (Wildman–Crippen MR) is 99.8 cm³/mol. The van der Waals surface area contributed by atoms with E-state index < -0.39 is 0 Å². The minimum atomic E-state index is -0.289. The van der Waals surface area contributed by atoms with Gasteiger partial charge in [-0.25, -0.2) is 0 Å². The average Bonchev–Trinajstić information content (AvgIpc) is 2.97. The van der Waals surface area contributed by atoms with Gasteiger partial charge in [-0.05, 0) is 17.7 Å². The smallest absolute Gasteiger partial charge is 0.264 e. The average molecular weight is 329 g/mol. The molecular weight excluding hydrogens is 310 g/mol. The van der Waals surface area contributed by atoms with Gasteiger partial charge in [0.15, 0.2) is 0 Å². The summed E-state index contributed by atoms with van der Waals surface area (Å²) in [5.41, 5.74) is 3.28. The highest BCUT2D eigenvalue weighted by molar-refractivity contribution is 6.03. The second-order valence-corrected chi connectivity index (χ2v) is 6.08. The van der Waals surface area contributed by atoms with Gasteiger partial charge >= 0.3 is 0 Å². The molecule has 0 saturated carbocycles. The Bertz CT molecular complexity index is 975. The molecule has 25 heavy (non-hydrogen) atoms. The number of para-hydroxylation sites is 1. The first-order valence-electron chi connectivity index (χ1n) is 8.05. The quantitative estimate of drug-likeness (QED) is 0.541. The molecule has 0 aliphatic rings. The number of likely N-dealkylation sites (N-methyl/N-ethyl adjacent to an activating group) is 1. The van der Waals surface area contributed by atoms with E-state index in [2.05, 4.69) is 22.8 Å². The molecule has 0 aliphatic heterocycles. The van der Waals surface area contributed by atoms with E-state index in [-0.39, 0.29) is 11.5 Å². The van der Waals surface area contributed by atoms with Gasteiger partial charge in [-0.3, -0.25) is 4.79 Å². The number of carbonyl (C=O) groups is 1. The molecule has 0 N–H and O–H groups in total. The molecule has 2 aromatic carbocycles. The molecule has 0 fully saturated rings. The Morgan fingerprint density at radius 3 is 2.48 bits per heavy atom. The minimum absolute atomic E-state index is 0.132. The normalized spacial score (nSPS) is 11.3. The molecule has 4 nitrogen and oxygen atoms in total. The van der Waals surface area contributed by atoms with Gasteiger partial charge < -0.3 is 9.47 Å². The van der Waals surface area contributed by atoms with E-state index >= 15 is 0 Å². The first-order chi connectivity index (χ1) is 12.1. The van der Waals surface area contributed by atoms with E-state index in [4.69, 9.17) is 0 Å². The van der Waals surface area contributed by atoms with Crippen molar-refractivity contribution in [2.24, 2.45) is 0 Å². The van der Waals surface area contributed by atoms with Crippen LogP contribution in [-0.4, -0.2) is 29.5 Å². The van der Waals surface area contributed by atoms with E-state index in [1.165, 1.54) is 10.5 Å². The van der Waals surface area contributed by atoms with Crippen LogP contribution in [0.1, 0.15) is 11.1 Å². The fourth-order valence-electron chi connectivity index (χ4n) is 2.84. The molecule has 1 amide bonds. The van der Waals surface area contributed by atoms with Crippen LogP contribution in [0.15, 0.2) is 66.4 Å². The van der Waals surface area contributed by atoms with E-state index in [0.29, 0.717) is 0 Å². The number of fused-ring (bicyclic) bond motifs is 1. The molecule has 0 aliphatic carbocycles. The molecule has 1 heterocycles. The molecule has 0 saturated heterocycles. The largest absolute Gasteiger partial charge is 0.344 e. The maximum Gasteiger partial charge on any atom is 0.264 e. The molecule has 0 spiro atoms. The van der Waals surface area contributed by atoms with E-state index in [0.717, 1.165) is 23.0 Å². The van der Waals surface area contributed by atoms with Gasteiger partial charge in [0, 0.05) is 43.3 Å². The number of benzene rings is 2. The molecule has 4 heteroatoms. The Labute approximate surface area is 147 Å². The summed E-state index contributed by atoms with van der Waals surface area (Å²) in [5, 5.41) is 10.4. The van der Waals surface area contributed by atoms with Crippen molar-refractivity contribution >= 4 is 22.9 Å². The molecular formula is C21H19N3O. The number of hydrogen-bond donors (Lipinski definition) is 0. The van der Waals surface area contributed by atoms with Crippen LogP contribution in [-0.2, 0) is 11.3 Å². The minimum Gasteiger partial charge on any atom is -0.344 e. The van der Waals surface area contributed by atoms with Crippen LogP contribution in [0.5, 0.6) is 0 Å². The van der Waals surface area contributed by atoms with Crippen molar-refractivity contribution in [3.63, 3.8) is 0 Å². The van der Waals surface area contributed by atoms with Crippen molar-refractivity contribution in [1.29, 1.82) is 5.26 Å². The van der Waals surface area contributed by atoms with Crippen LogP contribution < -0.4 is 0 Å². The van der Waals surface area contributed by atoms with Gasteiger partial charge in [0.2, 0.25) is 0 Å². The zero-order valence-electron chi connectivity index (χ0n) is 14.3. The lowest BCUT2D eigenvalue weighted by molar-refractivity contribution is -0.124. The summed E-state index contributed by atoms with van der Waals surface area (Å²) in [6, 6.07) is 20.2. The summed E-state index contributed by atoms with van der Waals surface area (Å²) in [5.74, 6) is -0.289. The first-order valence-corrected chi connectivity index (χ1v) is 8.05. The van der Waals surface area contributed by atoms with Crippen LogP contribution in [0.4, 0.5) is 0 Å². The molecule has 3 rings (SSSR count). The molecule has 3 aromatic rings. The Kier molecular flexibility index (Phi) is 4.67. The van der Waals surface area contributed by atoms with Crippen molar-refractivity contribution in [2.75, 3.05) is 14.1 Å². The summed E-state index contributed by atoms with van der Waals surface area (Å²) in [4.78, 5) is 13.6. The van der Waals surface area contributed by atoms with E-state index in [9.17, 15) is 10.1 Å². The Balaban J connectivity index is 2.08. The second kappa shape index (κ2) is 7.06. The topological polar surface area (TPSA) is 49.0 Å². The van der Waals surface area contributed by atoms with Crippen molar-refractivity contribution in [2.45, 2.75) is 6.54 Å². The van der Waals surface area contributed by atoms with Gasteiger partial charge in [-0.2, -0.15) is 5.26 Å². The Morgan fingerprint density at radius 1 is 1.12 bits per heavy atom. The molecule has 1 aromatic heterocycles. The third-order valence-electron chi connectivity index (χ3n) is 4.07. The van der Waals surface area contributed by atoms with Crippen molar-refractivity contribution in [3.05, 3.63) is 77.5 Å². The van der Waals surface area contributed by atoms with Crippen molar-refractivity contribution in [3.8, 4) is 6.07 Å². The number of amides is 1. The number of nitriles is 1. The lowest BCUT2D eigenvalue weighted by Gasteiger charge is -2.08. The zero-order valence-corrected chi connectivity index (χ0v) is 14.3. The molecule has 0 unspecified atom stereocenters. The first kappa shape index (κ1) is 16.5. The van der Waals surface area contributed by atoms with Crippen LogP contribution in [0.25, 0.3) is 17.0 Å². The van der Waals surface area contributed by atoms with Crippen LogP contribution in [0.2, 0.25) is 0 Å². The van der Waals surface area contributed by atoms with E-state index in [1.54, 1.807) is 20.2 Å². The molecule has 0 bridgehead atoms. The maximum absolute atomic E-state index is 12.1. The number of nitrogens with zero attached hydrogens (tertiary/aromatic N) is 3. The van der Waals surface area contributed by atoms with Crippen molar-refractivity contribution < 1.29 is 4.79 Å². The standard InChI is InChI=1S/C21H19N3O/c1-23(2)21(25)17(13-22)12-18-15-24(14-16-8-4-3-5-9-16)20-11-7-6-10-19(18)20/h3-12,15H,14H2,1-2H3/b17-12-. The highest BCUT2D eigenvalue weighted by atomic mass is 16.2. The lowest BCUT2D eigenvalue weighted by Crippen LogP contribution is -2.22. The van der Waals surface area contributed by atoms with Gasteiger partial charge in [-0.1, -0.05) is 48.5 Å². The van der Waals surface area contributed by atoms with Gasteiger partial charge in [-0.15, -0.1) is 0 Å². The number of aromatic nitrogens is 1. The molecule has 0 radical (unpaired) electrons. The third-order valence-corrected chi connectivity index (χ3v) is 4.07. The predicted octanol–water partition coefficient (Wildman–Crippen LogP) is 3.68. The Hall–Kier alpha value is -3.32. The maximum atomic E-state index is 12.1. The number of hydrogen-bond acceptors (Lipinski definition) is 2. The zero-order chi connectivity index (χ0) is 17.8. The molecule has 0 atom stereocenters. The van der Waals surface area contributed by atoms with Gasteiger partial charge in [0.1, 0.15) is 11.6 Å². The summed E-state index contributed by atoms with van der Waals surface area (Å²) in [6.07, 6.45) is 3.67. The fraction of sp³-hybridized carbons (Fsp3) is 0.143. The van der Waals surface area contributed by atoms with Crippen LogP contribution in [0.3, 0.4) is 0 Å². The van der Waals surface area contributed by atoms with Crippen LogP contribution >= 0.6 is 0 Å². The highest BCUT2D eigenvalue weighted by Crippen LogP contribution is 2.24. The monoisotopic (exact) mass is 329 g/mol. The summed E-state index contributed by atoms with van der Waals surface area (Å²) >= 11 is 0. The molecule has 124 valence electrons. The second-order valence-electron chi connectivity index (χ2n) is 6.08. The van der Waals surface area contributed by atoms with Gasteiger partial charge in [0.05, 0.1) is 0 Å². The number of carbonyl (C=O) groups excluding carboxylic acids is 1. The lowest BCUT2D eigenvalue weighted by atomic mass is 10.1. The van der Waals surface area contributed by atoms with E-state index in [1.807, 2.05) is 48.7 Å². The SMILES string of the molecule is CN(C)C(=O)/C(C#N)=C\c1cn(Cc2ccccc2)c2ccccc12. The van der Waals surface area contributed by atoms with Crippen molar-refractivity contribution in [1.82, 2.24) is 9.47 Å².